The lowest BCUT2D eigenvalue weighted by Gasteiger charge is -2.17. The first-order valence-electron chi connectivity index (χ1n) is 4.08. The minimum Gasteiger partial charge on any atom is -0.365 e. The minimum absolute atomic E-state index is 0.295. The number of nitrogens with zero attached hydrogens (tertiary/aromatic N) is 2. The monoisotopic (exact) mass is 235 g/mol. The molecule has 8 heteroatoms. The minimum atomic E-state index is -4.65. The number of hydrogen-bond acceptors (Lipinski definition) is 4. The number of amides is 1. The van der Waals surface area contributed by atoms with Crippen LogP contribution < -0.4 is 5.73 Å². The van der Waals surface area contributed by atoms with E-state index >= 15 is 0 Å². The van der Waals surface area contributed by atoms with Gasteiger partial charge in [0.15, 0.2) is 5.82 Å². The molecule has 1 unspecified atom stereocenters. The lowest BCUT2D eigenvalue weighted by atomic mass is 10.3. The molecule has 1 aromatic heterocycles. The van der Waals surface area contributed by atoms with E-state index < -0.39 is 24.0 Å². The fraction of sp³-hybridized carbons (Fsp3) is 0.375. The van der Waals surface area contributed by atoms with Gasteiger partial charge >= 0.3 is 6.18 Å². The second kappa shape index (κ2) is 4.44. The first-order chi connectivity index (χ1) is 7.36. The number of aromatic nitrogens is 2. The SMILES string of the molecule is COC(c1nccc(C(N)=O)n1)C(F)(F)F. The van der Waals surface area contributed by atoms with E-state index in [9.17, 15) is 18.0 Å². The Kier molecular flexibility index (Phi) is 3.43. The van der Waals surface area contributed by atoms with Crippen molar-refractivity contribution in [3.05, 3.63) is 23.8 Å². The zero-order chi connectivity index (χ0) is 12.3. The topological polar surface area (TPSA) is 78.1 Å². The first-order valence-corrected chi connectivity index (χ1v) is 4.08. The Morgan fingerprint density at radius 1 is 1.56 bits per heavy atom. The third-order valence-electron chi connectivity index (χ3n) is 1.69. The highest BCUT2D eigenvalue weighted by Crippen LogP contribution is 2.33. The van der Waals surface area contributed by atoms with Crippen LogP contribution in [-0.2, 0) is 4.74 Å². The van der Waals surface area contributed by atoms with Gasteiger partial charge in [-0.1, -0.05) is 0 Å². The van der Waals surface area contributed by atoms with E-state index in [-0.39, 0.29) is 5.69 Å². The van der Waals surface area contributed by atoms with Gasteiger partial charge in [-0.25, -0.2) is 9.97 Å². The zero-order valence-electron chi connectivity index (χ0n) is 8.15. The molecule has 1 amide bonds. The van der Waals surface area contributed by atoms with E-state index in [1.165, 1.54) is 0 Å². The van der Waals surface area contributed by atoms with Crippen molar-refractivity contribution >= 4 is 5.91 Å². The van der Waals surface area contributed by atoms with Crippen molar-refractivity contribution in [1.29, 1.82) is 0 Å². The lowest BCUT2D eigenvalue weighted by molar-refractivity contribution is -0.218. The second-order valence-corrected chi connectivity index (χ2v) is 2.82. The van der Waals surface area contributed by atoms with Gasteiger partial charge in [-0.2, -0.15) is 13.2 Å². The molecule has 1 atom stereocenters. The average molecular weight is 235 g/mol. The van der Waals surface area contributed by atoms with Gasteiger partial charge in [0.2, 0.25) is 6.10 Å². The molecule has 0 bridgehead atoms. The largest absolute Gasteiger partial charge is 0.422 e. The Morgan fingerprint density at radius 2 is 2.19 bits per heavy atom. The molecule has 0 aliphatic carbocycles. The summed E-state index contributed by atoms with van der Waals surface area (Å²) in [5, 5.41) is 0. The van der Waals surface area contributed by atoms with Gasteiger partial charge in [-0.3, -0.25) is 4.79 Å². The normalized spacial score (nSPS) is 13.5. The number of halogens is 3. The van der Waals surface area contributed by atoms with Gasteiger partial charge in [0.1, 0.15) is 5.69 Å². The van der Waals surface area contributed by atoms with Gasteiger partial charge in [0.05, 0.1) is 0 Å². The van der Waals surface area contributed by atoms with Gasteiger partial charge in [-0.15, -0.1) is 0 Å². The van der Waals surface area contributed by atoms with Crippen molar-refractivity contribution in [2.75, 3.05) is 7.11 Å². The molecule has 1 rings (SSSR count). The number of hydrogen-bond donors (Lipinski definition) is 1. The van der Waals surface area contributed by atoms with E-state index in [1.807, 2.05) is 0 Å². The molecule has 0 aromatic carbocycles. The number of nitrogens with two attached hydrogens (primary N) is 1. The van der Waals surface area contributed by atoms with Crippen LogP contribution >= 0.6 is 0 Å². The number of rotatable bonds is 3. The van der Waals surface area contributed by atoms with Gasteiger partial charge in [0, 0.05) is 13.3 Å². The molecular formula is C8H8F3N3O2. The number of ether oxygens (including phenoxy) is 1. The number of alkyl halides is 3. The standard InChI is InChI=1S/C8H8F3N3O2/c1-16-5(8(9,10)11)7-13-3-2-4(14-7)6(12)15/h2-3,5H,1H3,(H2,12,15). The Balaban J connectivity index is 3.11. The molecule has 5 nitrogen and oxygen atoms in total. The van der Waals surface area contributed by atoms with Crippen molar-refractivity contribution < 1.29 is 22.7 Å². The molecule has 0 saturated carbocycles. The van der Waals surface area contributed by atoms with Crippen LogP contribution in [0.25, 0.3) is 0 Å². The van der Waals surface area contributed by atoms with E-state index in [0.717, 1.165) is 19.4 Å². The highest BCUT2D eigenvalue weighted by Gasteiger charge is 2.43. The van der Waals surface area contributed by atoms with E-state index in [2.05, 4.69) is 14.7 Å². The third-order valence-corrected chi connectivity index (χ3v) is 1.69. The first kappa shape index (κ1) is 12.4. The zero-order valence-corrected chi connectivity index (χ0v) is 8.15. The number of carbonyl (C=O) groups is 1. The molecule has 0 fully saturated rings. The average Bonchev–Trinajstić information content (AvgIpc) is 2.17. The van der Waals surface area contributed by atoms with Crippen molar-refractivity contribution in [2.45, 2.75) is 12.3 Å². The summed E-state index contributed by atoms with van der Waals surface area (Å²) in [6.45, 7) is 0. The van der Waals surface area contributed by atoms with Crippen LogP contribution in [0.4, 0.5) is 13.2 Å². The van der Waals surface area contributed by atoms with E-state index in [1.54, 1.807) is 0 Å². The second-order valence-electron chi connectivity index (χ2n) is 2.82. The molecular weight excluding hydrogens is 227 g/mol. The summed E-state index contributed by atoms with van der Waals surface area (Å²) in [5.74, 6) is -1.58. The molecule has 2 N–H and O–H groups in total. The molecule has 0 aliphatic rings. The lowest BCUT2D eigenvalue weighted by Crippen LogP contribution is -2.25. The number of methoxy groups -OCH3 is 1. The van der Waals surface area contributed by atoms with Crippen LogP contribution in [0, 0.1) is 0 Å². The summed E-state index contributed by atoms with van der Waals surface area (Å²) >= 11 is 0. The summed E-state index contributed by atoms with van der Waals surface area (Å²) in [7, 11) is 0.873. The molecule has 16 heavy (non-hydrogen) atoms. The fourth-order valence-electron chi connectivity index (χ4n) is 1.02. The fourth-order valence-corrected chi connectivity index (χ4v) is 1.02. The maximum Gasteiger partial charge on any atom is 0.422 e. The van der Waals surface area contributed by atoms with Gasteiger partial charge < -0.3 is 10.5 Å². The molecule has 1 heterocycles. The predicted molar refractivity (Wildman–Crippen MR) is 46.4 cm³/mol. The smallest absolute Gasteiger partial charge is 0.365 e. The predicted octanol–water partition coefficient (Wildman–Crippen LogP) is 0.825. The summed E-state index contributed by atoms with van der Waals surface area (Å²) in [5.41, 5.74) is 4.59. The summed E-state index contributed by atoms with van der Waals surface area (Å²) < 4.78 is 41.5. The Labute approximate surface area is 88.4 Å². The maximum atomic E-state index is 12.4. The van der Waals surface area contributed by atoms with Crippen molar-refractivity contribution in [2.24, 2.45) is 5.73 Å². The van der Waals surface area contributed by atoms with E-state index in [0.29, 0.717) is 0 Å². The van der Waals surface area contributed by atoms with Crippen molar-refractivity contribution in [3.63, 3.8) is 0 Å². The Morgan fingerprint density at radius 3 is 2.62 bits per heavy atom. The highest BCUT2D eigenvalue weighted by molar-refractivity contribution is 5.90. The van der Waals surface area contributed by atoms with Crippen LogP contribution in [0.15, 0.2) is 12.3 Å². The molecule has 0 spiro atoms. The van der Waals surface area contributed by atoms with Crippen molar-refractivity contribution in [1.82, 2.24) is 9.97 Å². The quantitative estimate of drug-likeness (QED) is 0.841. The highest BCUT2D eigenvalue weighted by atomic mass is 19.4. The molecule has 0 saturated heterocycles. The van der Waals surface area contributed by atoms with Crippen LogP contribution in [0.2, 0.25) is 0 Å². The van der Waals surface area contributed by atoms with Crippen LogP contribution in [0.3, 0.4) is 0 Å². The molecule has 0 radical (unpaired) electrons. The Hall–Kier alpha value is -1.70. The number of carbonyl (C=O) groups excluding carboxylic acids is 1. The summed E-state index contributed by atoms with van der Waals surface area (Å²) in [4.78, 5) is 17.5. The molecule has 1 aromatic rings. The summed E-state index contributed by atoms with van der Waals surface area (Å²) in [6.07, 6.45) is -5.91. The Bertz CT molecular complexity index is 394. The maximum absolute atomic E-state index is 12.4. The number of primary amides is 1. The van der Waals surface area contributed by atoms with Crippen LogP contribution in [0.1, 0.15) is 22.4 Å². The molecule has 88 valence electrons. The third kappa shape index (κ3) is 2.66. The molecule has 0 aliphatic heterocycles. The summed E-state index contributed by atoms with van der Waals surface area (Å²) in [6, 6.07) is 1.12. The van der Waals surface area contributed by atoms with Crippen molar-refractivity contribution in [3.8, 4) is 0 Å². The van der Waals surface area contributed by atoms with Crippen LogP contribution in [0.5, 0.6) is 0 Å². The van der Waals surface area contributed by atoms with Gasteiger partial charge in [-0.05, 0) is 6.07 Å². The van der Waals surface area contributed by atoms with Crippen LogP contribution in [-0.4, -0.2) is 29.2 Å². The van der Waals surface area contributed by atoms with Gasteiger partial charge in [0.25, 0.3) is 5.91 Å². The van der Waals surface area contributed by atoms with E-state index in [4.69, 9.17) is 5.73 Å².